The average molecular weight is 435 g/mol. The standard InChI is InChI=1S/C23H26N6O3/c1-14(2)20(25-22(30)16-6-12-19(32-3)13-7-16)23(31)24-17-8-4-15(5-9-17)21-26-27-28-29(21)18-10-11-18/h4-9,12-14,18,20H,10-11H2,1-3H3,(H,24,31)(H,25,30). The molecular formula is C23H26N6O3. The molecule has 1 saturated carbocycles. The Hall–Kier alpha value is -3.75. The first-order valence-corrected chi connectivity index (χ1v) is 10.6. The average Bonchev–Trinajstić information content (AvgIpc) is 3.53. The zero-order valence-corrected chi connectivity index (χ0v) is 18.3. The van der Waals surface area contributed by atoms with E-state index in [2.05, 4.69) is 26.2 Å². The second-order valence-corrected chi connectivity index (χ2v) is 8.17. The minimum absolute atomic E-state index is 0.0976. The first-order valence-electron chi connectivity index (χ1n) is 10.6. The Morgan fingerprint density at radius 3 is 2.34 bits per heavy atom. The maximum absolute atomic E-state index is 12.9. The van der Waals surface area contributed by atoms with Crippen molar-refractivity contribution in [1.82, 2.24) is 25.5 Å². The third-order valence-electron chi connectivity index (χ3n) is 5.38. The number of hydrogen-bond donors (Lipinski definition) is 2. The molecule has 9 heteroatoms. The fourth-order valence-corrected chi connectivity index (χ4v) is 3.37. The molecule has 1 heterocycles. The second-order valence-electron chi connectivity index (χ2n) is 8.17. The van der Waals surface area contributed by atoms with Crippen LogP contribution in [-0.2, 0) is 4.79 Å². The lowest BCUT2D eigenvalue weighted by molar-refractivity contribution is -0.118. The highest BCUT2D eigenvalue weighted by atomic mass is 16.5. The summed E-state index contributed by atoms with van der Waals surface area (Å²) >= 11 is 0. The number of hydrogen-bond acceptors (Lipinski definition) is 6. The van der Waals surface area contributed by atoms with E-state index in [0.29, 0.717) is 23.0 Å². The highest BCUT2D eigenvalue weighted by Crippen LogP contribution is 2.36. The molecule has 1 aliphatic carbocycles. The molecule has 1 atom stereocenters. The van der Waals surface area contributed by atoms with Gasteiger partial charge in [-0.05, 0) is 77.7 Å². The molecule has 2 N–H and O–H groups in total. The zero-order valence-electron chi connectivity index (χ0n) is 18.3. The summed E-state index contributed by atoms with van der Waals surface area (Å²) < 4.78 is 6.96. The number of carbonyl (C=O) groups is 2. The van der Waals surface area contributed by atoms with Gasteiger partial charge in [0.25, 0.3) is 5.91 Å². The van der Waals surface area contributed by atoms with Crippen LogP contribution in [0.4, 0.5) is 5.69 Å². The van der Waals surface area contributed by atoms with Gasteiger partial charge in [-0.2, -0.15) is 0 Å². The minimum Gasteiger partial charge on any atom is -0.497 e. The van der Waals surface area contributed by atoms with Crippen molar-refractivity contribution in [3.63, 3.8) is 0 Å². The number of benzene rings is 2. The molecule has 1 unspecified atom stereocenters. The van der Waals surface area contributed by atoms with Crippen LogP contribution in [0.2, 0.25) is 0 Å². The fraction of sp³-hybridized carbons (Fsp3) is 0.348. The van der Waals surface area contributed by atoms with Crippen molar-refractivity contribution in [2.24, 2.45) is 5.92 Å². The van der Waals surface area contributed by atoms with Crippen molar-refractivity contribution < 1.29 is 14.3 Å². The lowest BCUT2D eigenvalue weighted by Crippen LogP contribution is -2.47. The highest BCUT2D eigenvalue weighted by Gasteiger charge is 2.28. The number of tetrazole rings is 1. The van der Waals surface area contributed by atoms with Gasteiger partial charge >= 0.3 is 0 Å². The van der Waals surface area contributed by atoms with Gasteiger partial charge in [-0.3, -0.25) is 9.59 Å². The smallest absolute Gasteiger partial charge is 0.251 e. The first-order chi connectivity index (χ1) is 15.5. The van der Waals surface area contributed by atoms with Gasteiger partial charge in [0.05, 0.1) is 13.2 Å². The van der Waals surface area contributed by atoms with E-state index in [1.807, 2.05) is 42.8 Å². The van der Waals surface area contributed by atoms with Gasteiger partial charge in [-0.25, -0.2) is 4.68 Å². The van der Waals surface area contributed by atoms with E-state index < -0.39 is 6.04 Å². The lowest BCUT2D eigenvalue weighted by atomic mass is 10.0. The van der Waals surface area contributed by atoms with Crippen LogP contribution in [0.25, 0.3) is 11.4 Å². The molecule has 1 fully saturated rings. The molecule has 0 aliphatic heterocycles. The molecule has 9 nitrogen and oxygen atoms in total. The number of nitrogens with one attached hydrogen (secondary N) is 2. The van der Waals surface area contributed by atoms with E-state index in [1.54, 1.807) is 31.4 Å². The Labute approximate surface area is 186 Å². The van der Waals surface area contributed by atoms with Gasteiger partial charge in [-0.15, -0.1) is 5.10 Å². The van der Waals surface area contributed by atoms with Gasteiger partial charge in [-0.1, -0.05) is 13.8 Å². The Balaban J connectivity index is 1.42. The predicted octanol–water partition coefficient (Wildman–Crippen LogP) is 3.08. The summed E-state index contributed by atoms with van der Waals surface area (Å²) in [6.07, 6.45) is 2.18. The van der Waals surface area contributed by atoms with Crippen LogP contribution in [0.5, 0.6) is 5.75 Å². The van der Waals surface area contributed by atoms with E-state index in [-0.39, 0.29) is 17.7 Å². The molecule has 0 spiro atoms. The SMILES string of the molecule is COc1ccc(C(=O)NC(C(=O)Nc2ccc(-c3nnnn3C3CC3)cc2)C(C)C)cc1. The monoisotopic (exact) mass is 434 g/mol. The second kappa shape index (κ2) is 9.17. The van der Waals surface area contributed by atoms with E-state index in [0.717, 1.165) is 24.2 Å². The van der Waals surface area contributed by atoms with Gasteiger partial charge in [0.2, 0.25) is 5.91 Å². The van der Waals surface area contributed by atoms with Gasteiger partial charge < -0.3 is 15.4 Å². The topological polar surface area (TPSA) is 111 Å². The maximum atomic E-state index is 12.9. The highest BCUT2D eigenvalue weighted by molar-refractivity contribution is 6.01. The van der Waals surface area contributed by atoms with Gasteiger partial charge in [0.15, 0.2) is 5.82 Å². The molecule has 1 aliphatic rings. The van der Waals surface area contributed by atoms with Crippen LogP contribution in [0.1, 0.15) is 43.1 Å². The van der Waals surface area contributed by atoms with Gasteiger partial charge in [0, 0.05) is 16.8 Å². The number of rotatable bonds is 8. The molecule has 2 amide bonds. The van der Waals surface area contributed by atoms with Crippen LogP contribution in [-0.4, -0.2) is 45.2 Å². The Kier molecular flexibility index (Phi) is 6.16. The number of amides is 2. The van der Waals surface area contributed by atoms with Crippen molar-refractivity contribution in [3.8, 4) is 17.1 Å². The third-order valence-corrected chi connectivity index (χ3v) is 5.38. The molecule has 0 saturated heterocycles. The Bertz CT molecular complexity index is 1090. The summed E-state index contributed by atoms with van der Waals surface area (Å²) in [7, 11) is 1.57. The van der Waals surface area contributed by atoms with Crippen LogP contribution in [0, 0.1) is 5.92 Å². The van der Waals surface area contributed by atoms with Crippen molar-refractivity contribution >= 4 is 17.5 Å². The van der Waals surface area contributed by atoms with Crippen LogP contribution in [0.3, 0.4) is 0 Å². The lowest BCUT2D eigenvalue weighted by Gasteiger charge is -2.22. The largest absolute Gasteiger partial charge is 0.497 e. The van der Waals surface area contributed by atoms with Gasteiger partial charge in [0.1, 0.15) is 11.8 Å². The molecule has 0 radical (unpaired) electrons. The maximum Gasteiger partial charge on any atom is 0.251 e. The van der Waals surface area contributed by atoms with E-state index in [1.165, 1.54) is 0 Å². The molecule has 0 bridgehead atoms. The fourth-order valence-electron chi connectivity index (χ4n) is 3.37. The Morgan fingerprint density at radius 2 is 1.75 bits per heavy atom. The summed E-state index contributed by atoms with van der Waals surface area (Å²) in [6.45, 7) is 3.78. The van der Waals surface area contributed by atoms with Crippen LogP contribution < -0.4 is 15.4 Å². The number of ether oxygens (including phenoxy) is 1. The third kappa shape index (κ3) is 4.77. The molecule has 2 aromatic carbocycles. The van der Waals surface area contributed by atoms with Crippen molar-refractivity contribution in [3.05, 3.63) is 54.1 Å². The summed E-state index contributed by atoms with van der Waals surface area (Å²) in [5.41, 5.74) is 1.98. The number of nitrogens with zero attached hydrogens (tertiary/aromatic N) is 4. The van der Waals surface area contributed by atoms with E-state index in [9.17, 15) is 9.59 Å². The van der Waals surface area contributed by atoms with Crippen LogP contribution >= 0.6 is 0 Å². The molecule has 1 aromatic heterocycles. The van der Waals surface area contributed by atoms with E-state index in [4.69, 9.17) is 4.74 Å². The molecular weight excluding hydrogens is 408 g/mol. The Morgan fingerprint density at radius 1 is 1.06 bits per heavy atom. The predicted molar refractivity (Wildman–Crippen MR) is 119 cm³/mol. The number of anilines is 1. The van der Waals surface area contributed by atoms with Crippen LogP contribution in [0.15, 0.2) is 48.5 Å². The van der Waals surface area contributed by atoms with Crippen molar-refractivity contribution in [2.75, 3.05) is 12.4 Å². The summed E-state index contributed by atoms with van der Waals surface area (Å²) in [5.74, 6) is 0.687. The molecule has 32 heavy (non-hydrogen) atoms. The quantitative estimate of drug-likeness (QED) is 0.564. The zero-order chi connectivity index (χ0) is 22.7. The van der Waals surface area contributed by atoms with Crippen molar-refractivity contribution in [2.45, 2.75) is 38.8 Å². The first kappa shape index (κ1) is 21.5. The van der Waals surface area contributed by atoms with Crippen molar-refractivity contribution in [1.29, 1.82) is 0 Å². The minimum atomic E-state index is -0.688. The number of methoxy groups -OCH3 is 1. The number of carbonyl (C=O) groups excluding carboxylic acids is 2. The number of aromatic nitrogens is 4. The van der Waals surface area contributed by atoms with E-state index >= 15 is 0 Å². The molecule has 4 rings (SSSR count). The normalized spacial score (nSPS) is 14.1. The molecule has 3 aromatic rings. The summed E-state index contributed by atoms with van der Waals surface area (Å²) in [6, 6.07) is 13.8. The molecule has 166 valence electrons. The summed E-state index contributed by atoms with van der Waals surface area (Å²) in [5, 5.41) is 17.7. The summed E-state index contributed by atoms with van der Waals surface area (Å²) in [4.78, 5) is 25.5.